The van der Waals surface area contributed by atoms with Crippen LogP contribution >= 0.6 is 11.8 Å². The maximum Gasteiger partial charge on any atom is 0.272 e. The van der Waals surface area contributed by atoms with Crippen LogP contribution in [0.2, 0.25) is 0 Å². The smallest absolute Gasteiger partial charge is 0.272 e. The van der Waals surface area contributed by atoms with Crippen molar-refractivity contribution in [2.45, 2.75) is 6.42 Å². The van der Waals surface area contributed by atoms with Crippen LogP contribution in [0.4, 0.5) is 5.69 Å². The van der Waals surface area contributed by atoms with Gasteiger partial charge in [0.1, 0.15) is 5.69 Å². The van der Waals surface area contributed by atoms with Crippen molar-refractivity contribution in [3.05, 3.63) is 36.0 Å². The van der Waals surface area contributed by atoms with Crippen molar-refractivity contribution in [3.8, 4) is 0 Å². The number of thioether (sulfide) groups is 1. The van der Waals surface area contributed by atoms with Gasteiger partial charge in [-0.3, -0.25) is 10.6 Å². The van der Waals surface area contributed by atoms with Gasteiger partial charge in [-0.25, -0.2) is 4.98 Å². The molecular weight excluding hydrogens is 284 g/mol. The molecule has 1 fully saturated rings. The second kappa shape index (κ2) is 6.32. The molecule has 2 aromatic rings. The first-order valence-corrected chi connectivity index (χ1v) is 8.18. The summed E-state index contributed by atoms with van der Waals surface area (Å²) >= 11 is 1.90. The average Bonchev–Trinajstić information content (AvgIpc) is 2.82. The lowest BCUT2D eigenvalue weighted by Gasteiger charge is -2.20. The molecule has 5 nitrogen and oxygen atoms in total. The van der Waals surface area contributed by atoms with E-state index in [1.54, 1.807) is 6.07 Å². The minimum absolute atomic E-state index is 0.0141. The van der Waals surface area contributed by atoms with Crippen molar-refractivity contribution < 1.29 is 4.79 Å². The fourth-order valence-corrected chi connectivity index (χ4v) is 3.40. The molecule has 0 bridgehead atoms. The number of carbonyl (C=O) groups is 1. The zero-order chi connectivity index (χ0) is 14.7. The highest BCUT2D eigenvalue weighted by Crippen LogP contribution is 2.23. The summed E-state index contributed by atoms with van der Waals surface area (Å²) in [5, 5.41) is 0.919. The maximum absolute atomic E-state index is 12.6. The number of amides is 1. The first-order valence-electron chi connectivity index (χ1n) is 7.03. The number of benzene rings is 1. The quantitative estimate of drug-likeness (QED) is 0.656. The molecule has 1 aromatic heterocycles. The topological polar surface area (TPSA) is 71.2 Å². The Kier molecular flexibility index (Phi) is 4.26. The molecule has 6 heteroatoms. The van der Waals surface area contributed by atoms with E-state index in [-0.39, 0.29) is 5.91 Å². The monoisotopic (exact) mass is 302 g/mol. The van der Waals surface area contributed by atoms with E-state index in [4.69, 9.17) is 5.84 Å². The lowest BCUT2D eigenvalue weighted by atomic mass is 10.1. The van der Waals surface area contributed by atoms with Gasteiger partial charge in [-0.15, -0.1) is 0 Å². The van der Waals surface area contributed by atoms with Gasteiger partial charge in [0, 0.05) is 24.2 Å². The molecule has 2 heterocycles. The number of anilines is 1. The molecule has 3 rings (SSSR count). The molecule has 1 aromatic carbocycles. The highest BCUT2D eigenvalue weighted by molar-refractivity contribution is 7.99. The van der Waals surface area contributed by atoms with Gasteiger partial charge in [-0.2, -0.15) is 11.8 Å². The molecule has 0 aliphatic carbocycles. The lowest BCUT2D eigenvalue weighted by Crippen LogP contribution is -2.33. The third kappa shape index (κ3) is 2.96. The number of pyridine rings is 1. The van der Waals surface area contributed by atoms with Crippen LogP contribution in [0, 0.1) is 0 Å². The van der Waals surface area contributed by atoms with E-state index in [1.165, 1.54) is 0 Å². The van der Waals surface area contributed by atoms with Crippen molar-refractivity contribution in [1.82, 2.24) is 9.88 Å². The van der Waals surface area contributed by atoms with Crippen LogP contribution in [-0.2, 0) is 0 Å². The standard InChI is InChI=1S/C15H18N4OS/c16-18-13-10-14(17-12-5-2-1-4-11(12)13)15(20)19-6-3-8-21-9-7-19/h1-2,4-5,10H,3,6-9,16H2,(H,17,18). The van der Waals surface area contributed by atoms with Crippen molar-refractivity contribution >= 4 is 34.3 Å². The van der Waals surface area contributed by atoms with E-state index in [0.717, 1.165) is 47.6 Å². The molecular formula is C15H18N4OS. The number of para-hydroxylation sites is 1. The average molecular weight is 302 g/mol. The normalized spacial score (nSPS) is 15.8. The number of aromatic nitrogens is 1. The molecule has 1 amide bonds. The Hall–Kier alpha value is -1.79. The Labute approximate surface area is 127 Å². The zero-order valence-electron chi connectivity index (χ0n) is 11.7. The van der Waals surface area contributed by atoms with Gasteiger partial charge in [0.25, 0.3) is 5.91 Å². The molecule has 110 valence electrons. The van der Waals surface area contributed by atoms with Gasteiger partial charge in [-0.1, -0.05) is 18.2 Å². The zero-order valence-corrected chi connectivity index (χ0v) is 12.5. The summed E-state index contributed by atoms with van der Waals surface area (Å²) in [5.74, 6) is 7.67. The second-order valence-corrected chi connectivity index (χ2v) is 6.20. The molecule has 0 spiro atoms. The molecule has 3 N–H and O–H groups in total. The summed E-state index contributed by atoms with van der Waals surface area (Å²) in [6.07, 6.45) is 1.03. The molecule has 0 saturated carbocycles. The van der Waals surface area contributed by atoms with E-state index >= 15 is 0 Å². The highest BCUT2D eigenvalue weighted by Gasteiger charge is 2.20. The summed E-state index contributed by atoms with van der Waals surface area (Å²) in [5.41, 5.74) is 4.63. The van der Waals surface area contributed by atoms with Gasteiger partial charge in [0.2, 0.25) is 0 Å². The summed E-state index contributed by atoms with van der Waals surface area (Å²) in [6, 6.07) is 9.41. The Bertz CT molecular complexity index is 653. The van der Waals surface area contributed by atoms with Crippen LogP contribution in [0.1, 0.15) is 16.9 Å². The van der Waals surface area contributed by atoms with E-state index < -0.39 is 0 Å². The highest BCUT2D eigenvalue weighted by atomic mass is 32.2. The Morgan fingerprint density at radius 1 is 1.29 bits per heavy atom. The van der Waals surface area contributed by atoms with E-state index in [9.17, 15) is 4.79 Å². The van der Waals surface area contributed by atoms with Crippen LogP contribution in [0.15, 0.2) is 30.3 Å². The first-order chi connectivity index (χ1) is 10.3. The number of fused-ring (bicyclic) bond motifs is 1. The molecule has 0 atom stereocenters. The van der Waals surface area contributed by atoms with E-state index in [0.29, 0.717) is 5.69 Å². The summed E-state index contributed by atoms with van der Waals surface area (Å²) < 4.78 is 0. The number of nitrogens with one attached hydrogen (secondary N) is 1. The molecule has 0 unspecified atom stereocenters. The van der Waals surface area contributed by atoms with E-state index in [2.05, 4.69) is 10.4 Å². The fraction of sp³-hybridized carbons (Fsp3) is 0.333. The number of hydrogen-bond donors (Lipinski definition) is 2. The predicted octanol–water partition coefficient (Wildman–Crippen LogP) is 2.10. The van der Waals surface area contributed by atoms with Crippen LogP contribution in [0.25, 0.3) is 10.9 Å². The SMILES string of the molecule is NNc1cc(C(=O)N2CCCSCC2)nc2ccccc12. The molecule has 21 heavy (non-hydrogen) atoms. The third-order valence-corrected chi connectivity index (χ3v) is 4.65. The van der Waals surface area contributed by atoms with Crippen molar-refractivity contribution in [2.24, 2.45) is 5.84 Å². The fourth-order valence-electron chi connectivity index (χ4n) is 2.52. The second-order valence-electron chi connectivity index (χ2n) is 4.97. The van der Waals surface area contributed by atoms with Gasteiger partial charge in [0.05, 0.1) is 11.2 Å². The van der Waals surface area contributed by atoms with Crippen molar-refractivity contribution in [1.29, 1.82) is 0 Å². The van der Waals surface area contributed by atoms with Gasteiger partial charge >= 0.3 is 0 Å². The van der Waals surface area contributed by atoms with E-state index in [1.807, 2.05) is 40.9 Å². The number of hydrogen-bond acceptors (Lipinski definition) is 5. The molecule has 1 aliphatic heterocycles. The Morgan fingerprint density at radius 2 is 2.14 bits per heavy atom. The number of hydrazine groups is 1. The molecule has 1 saturated heterocycles. The summed E-state index contributed by atoms with van der Waals surface area (Å²) in [6.45, 7) is 1.58. The summed E-state index contributed by atoms with van der Waals surface area (Å²) in [4.78, 5) is 19.0. The number of rotatable bonds is 2. The first kappa shape index (κ1) is 14.2. The Morgan fingerprint density at radius 3 is 3.00 bits per heavy atom. The summed E-state index contributed by atoms with van der Waals surface area (Å²) in [7, 11) is 0. The van der Waals surface area contributed by atoms with Crippen LogP contribution in [0.5, 0.6) is 0 Å². The predicted molar refractivity (Wildman–Crippen MR) is 87.4 cm³/mol. The lowest BCUT2D eigenvalue weighted by molar-refractivity contribution is 0.0763. The third-order valence-electron chi connectivity index (χ3n) is 3.60. The minimum Gasteiger partial charge on any atom is -0.336 e. The van der Waals surface area contributed by atoms with Crippen LogP contribution in [0.3, 0.4) is 0 Å². The number of carbonyl (C=O) groups excluding carboxylic acids is 1. The Balaban J connectivity index is 1.97. The number of nitrogen functional groups attached to an aromatic ring is 1. The van der Waals surface area contributed by atoms with Gasteiger partial charge in [-0.05, 0) is 24.3 Å². The number of nitrogens with two attached hydrogens (primary N) is 1. The van der Waals surface area contributed by atoms with Crippen LogP contribution in [-0.4, -0.2) is 40.4 Å². The largest absolute Gasteiger partial charge is 0.336 e. The van der Waals surface area contributed by atoms with Crippen molar-refractivity contribution in [2.75, 3.05) is 30.0 Å². The minimum atomic E-state index is -0.0141. The molecule has 1 aliphatic rings. The van der Waals surface area contributed by atoms with Crippen LogP contribution < -0.4 is 11.3 Å². The molecule has 0 radical (unpaired) electrons. The number of nitrogens with zero attached hydrogens (tertiary/aromatic N) is 2. The van der Waals surface area contributed by atoms with Gasteiger partial charge in [0.15, 0.2) is 0 Å². The van der Waals surface area contributed by atoms with Gasteiger partial charge < -0.3 is 10.3 Å². The van der Waals surface area contributed by atoms with Crippen molar-refractivity contribution in [3.63, 3.8) is 0 Å². The maximum atomic E-state index is 12.6.